The zero-order valence-corrected chi connectivity index (χ0v) is 73.6. The van der Waals surface area contributed by atoms with E-state index >= 15 is 0 Å². The Hall–Kier alpha value is -10.6. The number of amides is 4. The van der Waals surface area contributed by atoms with Crippen molar-refractivity contribution in [2.45, 2.75) is 244 Å². The van der Waals surface area contributed by atoms with E-state index in [-0.39, 0.29) is 61.5 Å². The first-order valence-corrected chi connectivity index (χ1v) is 38.9. The average molecular weight is 1600 g/mol. The fourth-order valence-corrected chi connectivity index (χ4v) is 13.7. The summed E-state index contributed by atoms with van der Waals surface area (Å²) in [5.41, 5.74) is 16.8. The van der Waals surface area contributed by atoms with Crippen LogP contribution in [-0.2, 0) is 43.3 Å². The van der Waals surface area contributed by atoms with Crippen molar-refractivity contribution in [3.05, 3.63) is 215 Å². The molecule has 0 saturated carbocycles. The summed E-state index contributed by atoms with van der Waals surface area (Å²) in [6.45, 7) is 60.8. The third-order valence-corrected chi connectivity index (χ3v) is 20.7. The van der Waals surface area contributed by atoms with Crippen LogP contribution in [-0.4, -0.2) is 88.9 Å². The summed E-state index contributed by atoms with van der Waals surface area (Å²) < 4.78 is 113. The number of benzene rings is 8. The lowest BCUT2D eigenvalue weighted by molar-refractivity contribution is -0.328. The predicted molar refractivity (Wildman–Crippen MR) is 449 cm³/mol. The molecule has 0 unspecified atom stereocenters. The smallest absolute Gasteiger partial charge is 0.493 e. The number of rotatable bonds is 7. The lowest BCUT2D eigenvalue weighted by atomic mass is 9.79. The van der Waals surface area contributed by atoms with Gasteiger partial charge in [-0.1, -0.05) is 244 Å². The number of carbonyl (C=O) groups is 4. The molecule has 0 bridgehead atoms. The summed E-state index contributed by atoms with van der Waals surface area (Å²) >= 11 is 0. The number of hydrogen-bond acceptors (Lipinski definition) is 11. The molecule has 15 nitrogen and oxygen atoms in total. The van der Waals surface area contributed by atoms with Gasteiger partial charge in [-0.25, -0.2) is 22.0 Å². The maximum Gasteiger partial charge on any atom is 0.608 e. The van der Waals surface area contributed by atoms with E-state index in [1.165, 1.54) is 22.3 Å². The SMILES string of the molecule is CC(C)(C)c1cc2c(c(C(C)(C)C)c1)OC(=O)/[N+]2=C/c1c(F)c(F)c(F)c(F)c1F.COc1cc(/C=[N+]2/C(=O)Oc3c2cc(C(C)(C)C)cc3C(C)(C)C)cc(OC)c1OC.Cc1cc(C)c(/C=[N+]2/C(=O)Oc3c2cc(C(C)(C)C)cc3C(C)(C)C)c(C)c1.Cc1ccc(C)c(/C=[N+]2/C(=O)Oc3c2cc(C(C)(C)C)cc3C(C)(C)C)c1. The fraction of sp³-hybridized carbons (Fsp3) is 0.417. The number of halogens is 5. The Labute approximate surface area is 681 Å². The van der Waals surface area contributed by atoms with E-state index in [4.69, 9.17) is 33.2 Å². The molecule has 0 spiro atoms. The number of carbonyl (C=O) groups excluding carboxylic acids is 4. The van der Waals surface area contributed by atoms with Crippen LogP contribution >= 0.6 is 0 Å². The molecule has 0 saturated heterocycles. The summed E-state index contributed by atoms with van der Waals surface area (Å²) in [7, 11) is 4.68. The van der Waals surface area contributed by atoms with Crippen LogP contribution in [0.5, 0.6) is 40.2 Å². The average Bonchev–Trinajstić information content (AvgIpc) is 1.65. The largest absolute Gasteiger partial charge is 0.608 e. The van der Waals surface area contributed by atoms with Crippen LogP contribution < -0.4 is 33.2 Å². The third kappa shape index (κ3) is 18.7. The normalized spacial score (nSPS) is 15.5. The van der Waals surface area contributed by atoms with Crippen LogP contribution in [0.4, 0.5) is 63.9 Å². The second-order valence-corrected chi connectivity index (χ2v) is 38.6. The molecule has 0 aromatic heterocycles. The molecule has 116 heavy (non-hydrogen) atoms. The quantitative estimate of drug-likeness (QED) is 0.0651. The summed E-state index contributed by atoms with van der Waals surface area (Å²) in [6, 6.07) is 30.4. The van der Waals surface area contributed by atoms with E-state index in [0.717, 1.165) is 82.8 Å². The van der Waals surface area contributed by atoms with Crippen molar-refractivity contribution in [1.82, 2.24) is 0 Å². The molecule has 616 valence electrons. The minimum absolute atomic E-state index is 0.0222. The standard InChI is InChI=1S/C25H32NO5.C25H32NO2.C24H30NO2.C22H21F5NO2/c1-24(2,3)16-12-17(25(4,5)6)21-18(13-16)26(23(27)31-21)14-15-10-19(28-7)22(30-9)20(11-15)29-8;1-15-10-16(2)19(17(3)11-15)14-26-21-13-18(24(4,5)6)12-20(25(7,8)9)22(21)28-23(26)27;1-15-9-10-16(2)17(11-15)14-25-20-13-18(23(3,4)5)12-19(24(6,7)8)21(20)27-22(25)26;1-21(2,3)10-7-12(22(4,5)6)19-13(8-10)28(20(29)30-19)9-11-14(23)16(25)18(27)17(26)15(11)24/h10-14H,1-9H3;10-14H,1-9H3;9-14H,1-8H3;7-9H,1-6H3/q4*+1/b2*26-14+;25-14+;28-9+. The fourth-order valence-electron chi connectivity index (χ4n) is 13.7. The van der Waals surface area contributed by atoms with Gasteiger partial charge in [0.05, 0.1) is 21.3 Å². The highest BCUT2D eigenvalue weighted by Gasteiger charge is 2.47. The van der Waals surface area contributed by atoms with Crippen LogP contribution in [0.1, 0.15) is 261 Å². The van der Waals surface area contributed by atoms with Crippen molar-refractivity contribution in [3.63, 3.8) is 0 Å². The van der Waals surface area contributed by atoms with Crippen LogP contribution in [0.25, 0.3) is 0 Å². The zero-order valence-electron chi connectivity index (χ0n) is 73.6. The molecule has 12 rings (SSSR count). The van der Waals surface area contributed by atoms with E-state index in [0.29, 0.717) is 46.3 Å². The number of hydrogen-bond donors (Lipinski definition) is 0. The van der Waals surface area contributed by atoms with Crippen molar-refractivity contribution >= 4 is 72.0 Å². The Balaban J connectivity index is 0.000000177. The van der Waals surface area contributed by atoms with Gasteiger partial charge in [0.1, 0.15) is 5.56 Å². The van der Waals surface area contributed by atoms with Crippen molar-refractivity contribution in [3.8, 4) is 40.2 Å². The monoisotopic (exact) mass is 1590 g/mol. The third-order valence-electron chi connectivity index (χ3n) is 20.7. The molecule has 4 heterocycles. The second-order valence-electron chi connectivity index (χ2n) is 38.6. The van der Waals surface area contributed by atoms with E-state index in [9.17, 15) is 41.1 Å². The molecule has 0 aliphatic carbocycles. The molecule has 4 aliphatic heterocycles. The van der Waals surface area contributed by atoms with Gasteiger partial charge in [0.15, 0.2) is 59.6 Å². The number of fused-ring (bicyclic) bond motifs is 4. The number of ether oxygens (including phenoxy) is 7. The van der Waals surface area contributed by atoms with Crippen LogP contribution in [0.3, 0.4) is 0 Å². The number of methoxy groups -OCH3 is 3. The highest BCUT2D eigenvalue weighted by molar-refractivity contribution is 5.92. The van der Waals surface area contributed by atoms with Crippen molar-refractivity contribution in [1.29, 1.82) is 0 Å². The lowest BCUT2D eigenvalue weighted by Gasteiger charge is -2.25. The van der Waals surface area contributed by atoms with E-state index in [1.54, 1.807) is 59.5 Å². The van der Waals surface area contributed by atoms with Gasteiger partial charge < -0.3 is 33.2 Å². The topological polar surface area (TPSA) is 145 Å². The molecule has 0 radical (unpaired) electrons. The molecular weight excluding hydrogens is 1480 g/mol. The van der Waals surface area contributed by atoms with Crippen LogP contribution in [0.2, 0.25) is 0 Å². The summed E-state index contributed by atoms with van der Waals surface area (Å²) in [6.07, 6.45) is 3.99. The van der Waals surface area contributed by atoms with Gasteiger partial charge in [0.25, 0.3) is 22.7 Å². The summed E-state index contributed by atoms with van der Waals surface area (Å²) in [5, 5.41) is 0. The van der Waals surface area contributed by atoms with E-state index in [2.05, 4.69) is 220 Å². The molecule has 4 amide bonds. The van der Waals surface area contributed by atoms with Gasteiger partial charge in [0.2, 0.25) is 34.6 Å². The van der Waals surface area contributed by atoms with Gasteiger partial charge in [-0.15, -0.1) is 0 Å². The Kier molecular flexibility index (Phi) is 24.7. The van der Waals surface area contributed by atoms with Gasteiger partial charge in [-0.2, -0.15) is 19.2 Å². The maximum absolute atomic E-state index is 14.2. The molecule has 20 heteroatoms. The van der Waals surface area contributed by atoms with Gasteiger partial charge >= 0.3 is 24.4 Å². The first kappa shape index (κ1) is 89.3. The Bertz CT molecular complexity index is 5390. The van der Waals surface area contributed by atoms with Gasteiger partial charge in [-0.3, -0.25) is 0 Å². The molecule has 8 aromatic rings. The highest BCUT2D eigenvalue weighted by atomic mass is 19.2. The maximum atomic E-state index is 14.2. The molecule has 4 aliphatic rings. The van der Waals surface area contributed by atoms with Crippen molar-refractivity contribution in [2.75, 3.05) is 21.3 Å². The summed E-state index contributed by atoms with van der Waals surface area (Å²) in [5.74, 6) is -6.83. The van der Waals surface area contributed by atoms with Gasteiger partial charge in [0, 0.05) is 63.2 Å². The summed E-state index contributed by atoms with van der Waals surface area (Å²) in [4.78, 5) is 51.0. The Morgan fingerprint density at radius 2 is 0.586 bits per heavy atom. The Morgan fingerprint density at radius 3 is 0.871 bits per heavy atom. The minimum atomic E-state index is -2.27. The lowest BCUT2D eigenvalue weighted by Crippen LogP contribution is -2.17. The number of nitrogens with zero attached hydrogens (tertiary/aromatic N) is 4. The van der Waals surface area contributed by atoms with Crippen molar-refractivity contribution < 1.29 is 92.6 Å². The van der Waals surface area contributed by atoms with Crippen LogP contribution in [0.15, 0.2) is 91.0 Å². The minimum Gasteiger partial charge on any atom is -0.493 e. The Morgan fingerprint density at radius 1 is 0.302 bits per heavy atom. The predicted octanol–water partition coefficient (Wildman–Crippen LogP) is 24.5. The number of aryl methyl sites for hydroxylation is 5. The van der Waals surface area contributed by atoms with Crippen LogP contribution in [0, 0.1) is 63.7 Å². The molecule has 0 N–H and O–H groups in total. The van der Waals surface area contributed by atoms with Crippen molar-refractivity contribution in [2.24, 2.45) is 0 Å². The first-order chi connectivity index (χ1) is 53.2. The van der Waals surface area contributed by atoms with Gasteiger partial charge in [-0.05, 0) is 135 Å². The molecule has 0 fully saturated rings. The molecule has 8 aromatic carbocycles. The highest BCUT2D eigenvalue weighted by Crippen LogP contribution is 2.51. The zero-order chi connectivity index (χ0) is 87.1. The van der Waals surface area contributed by atoms with E-state index < -0.39 is 52.3 Å². The first-order valence-electron chi connectivity index (χ1n) is 38.9. The molecule has 0 atom stereocenters. The second kappa shape index (κ2) is 32.1. The van der Waals surface area contributed by atoms with E-state index in [1.807, 2.05) is 66.1 Å². The molecular formula is C96H115F5N4O11+4.